The molecule has 0 amide bonds. The number of methoxy groups -OCH3 is 1. The second-order valence-corrected chi connectivity index (χ2v) is 3.73. The van der Waals surface area contributed by atoms with Crippen molar-refractivity contribution >= 4 is 11.1 Å². The van der Waals surface area contributed by atoms with Gasteiger partial charge in [0.2, 0.25) is 5.88 Å². The lowest BCUT2D eigenvalue weighted by molar-refractivity contribution is 0.392. The summed E-state index contributed by atoms with van der Waals surface area (Å²) in [6, 6.07) is 7.74. The third kappa shape index (κ3) is 1.56. The molecule has 2 aromatic heterocycles. The molecule has 3 rings (SSSR count). The number of aromatic nitrogens is 3. The van der Waals surface area contributed by atoms with E-state index in [1.54, 1.807) is 11.8 Å². The van der Waals surface area contributed by atoms with Gasteiger partial charge < -0.3 is 9.15 Å². The lowest BCUT2D eigenvalue weighted by Crippen LogP contribution is -1.93. The summed E-state index contributed by atoms with van der Waals surface area (Å²) in [7, 11) is 3.48. The standard InChI is InChI=1S/C12H11N3O2/c1-15-10(6-12(14-15)16-2)8-3-4-9-11(5-8)17-7-13-9/h3-7H,1-2H3. The number of hydrogen-bond donors (Lipinski definition) is 0. The first-order valence-corrected chi connectivity index (χ1v) is 5.19. The van der Waals surface area contributed by atoms with Gasteiger partial charge in [-0.15, -0.1) is 5.10 Å². The number of nitrogens with zero attached hydrogens (tertiary/aromatic N) is 3. The molecule has 0 aliphatic carbocycles. The first kappa shape index (κ1) is 9.89. The molecule has 0 saturated heterocycles. The molecule has 0 aliphatic rings. The fourth-order valence-corrected chi connectivity index (χ4v) is 1.83. The Morgan fingerprint density at radius 3 is 2.94 bits per heavy atom. The molecule has 5 heteroatoms. The fraction of sp³-hybridized carbons (Fsp3) is 0.167. The summed E-state index contributed by atoms with van der Waals surface area (Å²) in [5, 5.41) is 4.22. The summed E-state index contributed by atoms with van der Waals surface area (Å²) in [6.45, 7) is 0. The van der Waals surface area contributed by atoms with Gasteiger partial charge in [0.1, 0.15) is 5.52 Å². The second kappa shape index (κ2) is 3.62. The summed E-state index contributed by atoms with van der Waals surface area (Å²) in [5.74, 6) is 0.597. The largest absolute Gasteiger partial charge is 0.480 e. The maximum atomic E-state index is 5.28. The molecule has 0 radical (unpaired) electrons. The highest BCUT2D eigenvalue weighted by atomic mass is 16.5. The molecule has 0 N–H and O–H groups in total. The summed E-state index contributed by atoms with van der Waals surface area (Å²) < 4.78 is 12.2. The van der Waals surface area contributed by atoms with Crippen LogP contribution in [0.1, 0.15) is 0 Å². The van der Waals surface area contributed by atoms with Gasteiger partial charge in [-0.2, -0.15) is 0 Å². The summed E-state index contributed by atoms with van der Waals surface area (Å²) in [4.78, 5) is 4.08. The number of fused-ring (bicyclic) bond motifs is 1. The quantitative estimate of drug-likeness (QED) is 0.676. The van der Waals surface area contributed by atoms with E-state index in [1.165, 1.54) is 6.39 Å². The average molecular weight is 229 g/mol. The molecule has 0 fully saturated rings. The maximum absolute atomic E-state index is 5.28. The van der Waals surface area contributed by atoms with E-state index in [1.807, 2.05) is 31.3 Å². The normalized spacial score (nSPS) is 10.9. The first-order valence-electron chi connectivity index (χ1n) is 5.19. The highest BCUT2D eigenvalue weighted by molar-refractivity contribution is 5.79. The van der Waals surface area contributed by atoms with Crippen molar-refractivity contribution in [2.75, 3.05) is 7.11 Å². The number of rotatable bonds is 2. The van der Waals surface area contributed by atoms with E-state index in [2.05, 4.69) is 10.1 Å². The predicted octanol–water partition coefficient (Wildman–Crippen LogP) is 2.24. The molecule has 0 aliphatic heterocycles. The van der Waals surface area contributed by atoms with Crippen molar-refractivity contribution in [3.8, 4) is 17.1 Å². The van der Waals surface area contributed by atoms with Crippen LogP contribution in [0.4, 0.5) is 0 Å². The van der Waals surface area contributed by atoms with Gasteiger partial charge in [-0.05, 0) is 12.1 Å². The zero-order valence-corrected chi connectivity index (χ0v) is 9.54. The van der Waals surface area contributed by atoms with Gasteiger partial charge in [-0.3, -0.25) is 4.68 Å². The Morgan fingerprint density at radius 2 is 2.18 bits per heavy atom. The van der Waals surface area contributed by atoms with Crippen LogP contribution >= 0.6 is 0 Å². The highest BCUT2D eigenvalue weighted by Crippen LogP contribution is 2.26. The molecule has 0 atom stereocenters. The van der Waals surface area contributed by atoms with E-state index in [-0.39, 0.29) is 0 Å². The third-order valence-electron chi connectivity index (χ3n) is 2.69. The molecule has 1 aromatic carbocycles. The summed E-state index contributed by atoms with van der Waals surface area (Å²) >= 11 is 0. The maximum Gasteiger partial charge on any atom is 0.233 e. The van der Waals surface area contributed by atoms with Crippen molar-refractivity contribution in [1.29, 1.82) is 0 Å². The van der Waals surface area contributed by atoms with Crippen LogP contribution in [-0.4, -0.2) is 21.9 Å². The zero-order chi connectivity index (χ0) is 11.8. The Kier molecular flexibility index (Phi) is 2.11. The molecule has 86 valence electrons. The predicted molar refractivity (Wildman–Crippen MR) is 62.8 cm³/mol. The molecule has 17 heavy (non-hydrogen) atoms. The highest BCUT2D eigenvalue weighted by Gasteiger charge is 2.09. The Morgan fingerprint density at radius 1 is 1.29 bits per heavy atom. The van der Waals surface area contributed by atoms with Crippen LogP contribution in [0.15, 0.2) is 35.1 Å². The van der Waals surface area contributed by atoms with Gasteiger partial charge in [0.05, 0.1) is 12.8 Å². The van der Waals surface area contributed by atoms with Crippen molar-refractivity contribution < 1.29 is 9.15 Å². The van der Waals surface area contributed by atoms with Crippen molar-refractivity contribution in [2.24, 2.45) is 7.05 Å². The molecule has 0 bridgehead atoms. The van der Waals surface area contributed by atoms with Crippen LogP contribution in [0.3, 0.4) is 0 Å². The van der Waals surface area contributed by atoms with Gasteiger partial charge >= 0.3 is 0 Å². The van der Waals surface area contributed by atoms with Gasteiger partial charge in [-0.25, -0.2) is 4.98 Å². The van der Waals surface area contributed by atoms with E-state index in [4.69, 9.17) is 9.15 Å². The SMILES string of the molecule is COc1cc(-c2ccc3ncoc3c2)n(C)n1. The topological polar surface area (TPSA) is 53.1 Å². The van der Waals surface area contributed by atoms with Crippen molar-refractivity contribution in [3.05, 3.63) is 30.7 Å². The molecule has 2 heterocycles. The van der Waals surface area contributed by atoms with E-state index in [0.29, 0.717) is 5.88 Å². The summed E-state index contributed by atoms with van der Waals surface area (Å²) in [5.41, 5.74) is 3.61. The average Bonchev–Trinajstić information content (AvgIpc) is 2.93. The van der Waals surface area contributed by atoms with Crippen LogP contribution < -0.4 is 4.74 Å². The number of hydrogen-bond acceptors (Lipinski definition) is 4. The Bertz CT molecular complexity index is 669. The monoisotopic (exact) mass is 229 g/mol. The fourth-order valence-electron chi connectivity index (χ4n) is 1.83. The van der Waals surface area contributed by atoms with E-state index in [9.17, 15) is 0 Å². The molecule has 0 unspecified atom stereocenters. The summed E-state index contributed by atoms with van der Waals surface area (Å²) in [6.07, 6.45) is 1.44. The minimum Gasteiger partial charge on any atom is -0.480 e. The van der Waals surface area contributed by atoms with Crippen molar-refractivity contribution in [3.63, 3.8) is 0 Å². The lowest BCUT2D eigenvalue weighted by Gasteiger charge is -2.00. The van der Waals surface area contributed by atoms with Crippen molar-refractivity contribution in [1.82, 2.24) is 14.8 Å². The Hall–Kier alpha value is -2.30. The number of ether oxygens (including phenoxy) is 1. The first-order chi connectivity index (χ1) is 8.28. The smallest absolute Gasteiger partial charge is 0.233 e. The number of benzene rings is 1. The van der Waals surface area contributed by atoms with E-state index in [0.717, 1.165) is 22.4 Å². The van der Waals surface area contributed by atoms with Crippen LogP contribution in [-0.2, 0) is 7.05 Å². The number of aryl methyl sites for hydroxylation is 1. The molecular weight excluding hydrogens is 218 g/mol. The Labute approximate surface area is 97.6 Å². The minimum absolute atomic E-state index is 0.597. The number of oxazole rings is 1. The lowest BCUT2D eigenvalue weighted by atomic mass is 10.1. The van der Waals surface area contributed by atoms with Gasteiger partial charge in [0, 0.05) is 18.7 Å². The van der Waals surface area contributed by atoms with Crippen LogP contribution in [0.2, 0.25) is 0 Å². The molecule has 5 nitrogen and oxygen atoms in total. The van der Waals surface area contributed by atoms with Gasteiger partial charge in [0.15, 0.2) is 12.0 Å². The van der Waals surface area contributed by atoms with Gasteiger partial charge in [0.25, 0.3) is 0 Å². The molecular formula is C12H11N3O2. The molecule has 0 saturated carbocycles. The van der Waals surface area contributed by atoms with Crippen LogP contribution in [0.25, 0.3) is 22.4 Å². The van der Waals surface area contributed by atoms with E-state index < -0.39 is 0 Å². The van der Waals surface area contributed by atoms with Gasteiger partial charge in [-0.1, -0.05) is 6.07 Å². The zero-order valence-electron chi connectivity index (χ0n) is 9.54. The van der Waals surface area contributed by atoms with Crippen LogP contribution in [0, 0.1) is 0 Å². The second-order valence-electron chi connectivity index (χ2n) is 3.73. The minimum atomic E-state index is 0.597. The Balaban J connectivity index is 2.15. The van der Waals surface area contributed by atoms with Crippen molar-refractivity contribution in [2.45, 2.75) is 0 Å². The molecule has 0 spiro atoms. The molecule has 3 aromatic rings. The van der Waals surface area contributed by atoms with Crippen LogP contribution in [0.5, 0.6) is 5.88 Å². The third-order valence-corrected chi connectivity index (χ3v) is 2.69. The van der Waals surface area contributed by atoms with E-state index >= 15 is 0 Å².